The fourth-order valence-corrected chi connectivity index (χ4v) is 2.67. The highest BCUT2D eigenvalue weighted by molar-refractivity contribution is 5.99. The Labute approximate surface area is 112 Å². The molecule has 2 heteroatoms. The highest BCUT2D eigenvalue weighted by Crippen LogP contribution is 2.29. The predicted octanol–water partition coefficient (Wildman–Crippen LogP) is 4.32. The molecule has 3 rings (SSSR count). The van der Waals surface area contributed by atoms with Crippen molar-refractivity contribution >= 4 is 5.78 Å². The number of benzene rings is 2. The minimum Gasteiger partial charge on any atom is -0.294 e. The topological polar surface area (TPSA) is 17.1 Å². The van der Waals surface area contributed by atoms with Gasteiger partial charge in [0.1, 0.15) is 5.82 Å². The van der Waals surface area contributed by atoms with Crippen LogP contribution in [0.1, 0.15) is 34.3 Å². The Kier molecular flexibility index (Phi) is 2.94. The van der Waals surface area contributed by atoms with Crippen LogP contribution in [0.3, 0.4) is 0 Å². The van der Waals surface area contributed by atoms with Crippen molar-refractivity contribution in [3.05, 3.63) is 58.9 Å². The van der Waals surface area contributed by atoms with E-state index in [0.717, 1.165) is 35.1 Å². The third-order valence-corrected chi connectivity index (χ3v) is 3.69. The van der Waals surface area contributed by atoms with Gasteiger partial charge >= 0.3 is 0 Å². The first-order chi connectivity index (χ1) is 9.15. The fourth-order valence-electron chi connectivity index (χ4n) is 2.67. The zero-order valence-corrected chi connectivity index (χ0v) is 10.9. The van der Waals surface area contributed by atoms with Crippen molar-refractivity contribution in [1.29, 1.82) is 0 Å². The van der Waals surface area contributed by atoms with Gasteiger partial charge in [0.05, 0.1) is 0 Å². The summed E-state index contributed by atoms with van der Waals surface area (Å²) in [6, 6.07) is 10.8. The maximum atomic E-state index is 13.9. The van der Waals surface area contributed by atoms with Gasteiger partial charge in [0.2, 0.25) is 0 Å². The van der Waals surface area contributed by atoms with E-state index in [1.807, 2.05) is 31.2 Å². The summed E-state index contributed by atoms with van der Waals surface area (Å²) in [5.41, 5.74) is 4.36. The summed E-state index contributed by atoms with van der Waals surface area (Å²) in [5, 5.41) is 0. The fraction of sp³-hybridized carbons (Fsp3) is 0.235. The summed E-state index contributed by atoms with van der Waals surface area (Å²) in [6.07, 6.45) is 2.43. The third-order valence-electron chi connectivity index (χ3n) is 3.69. The molecule has 19 heavy (non-hydrogen) atoms. The number of hydrogen-bond donors (Lipinski definition) is 0. The van der Waals surface area contributed by atoms with Crippen LogP contribution in [-0.4, -0.2) is 5.78 Å². The van der Waals surface area contributed by atoms with Crippen LogP contribution in [0.5, 0.6) is 0 Å². The Morgan fingerprint density at radius 2 is 1.84 bits per heavy atom. The van der Waals surface area contributed by atoms with Crippen LogP contribution in [0.2, 0.25) is 0 Å². The van der Waals surface area contributed by atoms with Crippen LogP contribution < -0.4 is 0 Å². The molecule has 0 spiro atoms. The van der Waals surface area contributed by atoms with Gasteiger partial charge in [-0.05, 0) is 43.0 Å². The summed E-state index contributed by atoms with van der Waals surface area (Å²) < 4.78 is 13.9. The molecule has 0 saturated heterocycles. The van der Waals surface area contributed by atoms with Crippen molar-refractivity contribution < 1.29 is 9.18 Å². The summed E-state index contributed by atoms with van der Waals surface area (Å²) in [7, 11) is 0. The molecule has 0 N–H and O–H groups in total. The largest absolute Gasteiger partial charge is 0.294 e. The van der Waals surface area contributed by atoms with E-state index in [-0.39, 0.29) is 11.6 Å². The smallest absolute Gasteiger partial charge is 0.163 e. The molecule has 0 amide bonds. The lowest BCUT2D eigenvalue weighted by atomic mass is 9.88. The third kappa shape index (κ3) is 2.19. The van der Waals surface area contributed by atoms with Crippen LogP contribution in [0.4, 0.5) is 4.39 Å². The molecule has 2 aromatic carbocycles. The molecule has 1 aliphatic rings. The van der Waals surface area contributed by atoms with Crippen LogP contribution >= 0.6 is 0 Å². The van der Waals surface area contributed by atoms with E-state index >= 15 is 0 Å². The second-order valence-electron chi connectivity index (χ2n) is 5.13. The number of aryl methyl sites for hydroxylation is 2. The molecule has 0 radical (unpaired) electrons. The first kappa shape index (κ1) is 12.1. The number of Topliss-reactive ketones (excluding diaryl/α,β-unsaturated/α-hetero) is 1. The van der Waals surface area contributed by atoms with E-state index in [4.69, 9.17) is 0 Å². The average Bonchev–Trinajstić information content (AvgIpc) is 2.41. The number of ketones is 1. The molecule has 0 aliphatic heterocycles. The standard InChI is InChI=1S/C17H15FO/c1-11-5-8-16(18)15(9-11)13-6-7-14-12(10-13)3-2-4-17(14)19/h5-10H,2-4H2,1H3. The maximum Gasteiger partial charge on any atom is 0.163 e. The van der Waals surface area contributed by atoms with Gasteiger partial charge in [-0.3, -0.25) is 4.79 Å². The predicted molar refractivity (Wildman–Crippen MR) is 73.8 cm³/mol. The SMILES string of the molecule is Cc1ccc(F)c(-c2ccc3c(c2)CCCC3=O)c1. The second-order valence-corrected chi connectivity index (χ2v) is 5.13. The highest BCUT2D eigenvalue weighted by Gasteiger charge is 2.18. The van der Waals surface area contributed by atoms with Crippen LogP contribution in [0, 0.1) is 12.7 Å². The molecule has 0 unspecified atom stereocenters. The number of carbonyl (C=O) groups excluding carboxylic acids is 1. The van der Waals surface area contributed by atoms with Crippen molar-refractivity contribution in [1.82, 2.24) is 0 Å². The monoisotopic (exact) mass is 254 g/mol. The van der Waals surface area contributed by atoms with E-state index < -0.39 is 0 Å². The van der Waals surface area contributed by atoms with Crippen molar-refractivity contribution in [2.24, 2.45) is 0 Å². The van der Waals surface area contributed by atoms with E-state index in [2.05, 4.69) is 0 Å². The Morgan fingerprint density at radius 1 is 1.00 bits per heavy atom. The van der Waals surface area contributed by atoms with Gasteiger partial charge in [0.15, 0.2) is 5.78 Å². The highest BCUT2D eigenvalue weighted by atomic mass is 19.1. The Morgan fingerprint density at radius 3 is 2.68 bits per heavy atom. The Hall–Kier alpha value is -1.96. The van der Waals surface area contributed by atoms with Crippen molar-refractivity contribution in [2.45, 2.75) is 26.2 Å². The van der Waals surface area contributed by atoms with Gasteiger partial charge < -0.3 is 0 Å². The average molecular weight is 254 g/mol. The summed E-state index contributed by atoms with van der Waals surface area (Å²) in [6.45, 7) is 1.95. The van der Waals surface area contributed by atoms with E-state index in [1.165, 1.54) is 6.07 Å². The molecule has 2 aromatic rings. The van der Waals surface area contributed by atoms with Crippen molar-refractivity contribution in [3.63, 3.8) is 0 Å². The quantitative estimate of drug-likeness (QED) is 0.740. The van der Waals surface area contributed by atoms with Crippen LogP contribution in [-0.2, 0) is 6.42 Å². The zero-order chi connectivity index (χ0) is 13.4. The van der Waals surface area contributed by atoms with Gasteiger partial charge in [0.25, 0.3) is 0 Å². The molecular weight excluding hydrogens is 239 g/mol. The molecule has 0 bridgehead atoms. The second kappa shape index (κ2) is 4.61. The number of fused-ring (bicyclic) bond motifs is 1. The first-order valence-electron chi connectivity index (χ1n) is 6.58. The Balaban J connectivity index is 2.11. The van der Waals surface area contributed by atoms with E-state index in [9.17, 15) is 9.18 Å². The van der Waals surface area contributed by atoms with Gasteiger partial charge in [0, 0.05) is 17.5 Å². The van der Waals surface area contributed by atoms with Crippen molar-refractivity contribution in [3.8, 4) is 11.1 Å². The molecule has 1 aliphatic carbocycles. The van der Waals surface area contributed by atoms with E-state index in [1.54, 1.807) is 6.07 Å². The number of halogens is 1. The molecule has 0 atom stereocenters. The maximum absolute atomic E-state index is 13.9. The zero-order valence-electron chi connectivity index (χ0n) is 10.9. The first-order valence-corrected chi connectivity index (χ1v) is 6.58. The van der Waals surface area contributed by atoms with Crippen LogP contribution in [0.15, 0.2) is 36.4 Å². The molecule has 0 aromatic heterocycles. The Bertz CT molecular complexity index is 658. The number of hydrogen-bond acceptors (Lipinski definition) is 1. The minimum atomic E-state index is -0.215. The molecule has 0 saturated carbocycles. The number of carbonyl (C=O) groups is 1. The molecule has 1 nitrogen and oxygen atoms in total. The van der Waals surface area contributed by atoms with Gasteiger partial charge in [-0.1, -0.05) is 29.8 Å². The lowest BCUT2D eigenvalue weighted by Crippen LogP contribution is -2.10. The van der Waals surface area contributed by atoms with E-state index in [0.29, 0.717) is 12.0 Å². The molecule has 0 heterocycles. The summed E-state index contributed by atoms with van der Waals surface area (Å²) in [5.74, 6) is -0.00907. The normalized spacial score (nSPS) is 14.3. The van der Waals surface area contributed by atoms with Crippen molar-refractivity contribution in [2.75, 3.05) is 0 Å². The summed E-state index contributed by atoms with van der Waals surface area (Å²) in [4.78, 5) is 11.8. The van der Waals surface area contributed by atoms with Gasteiger partial charge in [-0.25, -0.2) is 4.39 Å². The lowest BCUT2D eigenvalue weighted by Gasteiger charge is -2.16. The lowest BCUT2D eigenvalue weighted by molar-refractivity contribution is 0.0972. The molecule has 0 fully saturated rings. The minimum absolute atomic E-state index is 0.206. The van der Waals surface area contributed by atoms with Gasteiger partial charge in [-0.15, -0.1) is 0 Å². The summed E-state index contributed by atoms with van der Waals surface area (Å²) >= 11 is 0. The molecule has 96 valence electrons. The van der Waals surface area contributed by atoms with Crippen LogP contribution in [0.25, 0.3) is 11.1 Å². The molecular formula is C17H15FO. The van der Waals surface area contributed by atoms with Gasteiger partial charge in [-0.2, -0.15) is 0 Å². The number of rotatable bonds is 1.